The van der Waals surface area contributed by atoms with Crippen LogP contribution >= 0.6 is 0 Å². The Kier molecular flexibility index (Phi) is 10.3. The highest BCUT2D eigenvalue weighted by atomic mass is 16.5. The van der Waals surface area contributed by atoms with E-state index in [0.29, 0.717) is 25.3 Å². The van der Waals surface area contributed by atoms with Crippen LogP contribution in [0.3, 0.4) is 0 Å². The van der Waals surface area contributed by atoms with Crippen LogP contribution in [0.25, 0.3) is 0 Å². The Morgan fingerprint density at radius 1 is 1.09 bits per heavy atom. The van der Waals surface area contributed by atoms with Crippen LogP contribution in [-0.4, -0.2) is 92.9 Å². The molecule has 0 saturated heterocycles. The van der Waals surface area contributed by atoms with Gasteiger partial charge >= 0.3 is 0 Å². The number of nitrogens with one attached hydrogen (secondary N) is 3. The van der Waals surface area contributed by atoms with Crippen molar-refractivity contribution in [3.8, 4) is 5.75 Å². The van der Waals surface area contributed by atoms with Crippen molar-refractivity contribution < 1.29 is 23.9 Å². The molecule has 1 heterocycles. The Morgan fingerprint density at radius 3 is 2.47 bits per heavy atom. The molecule has 0 unspecified atom stereocenters. The number of likely N-dealkylation sites (N-methyl/N-ethyl adjacent to an activating group) is 2. The summed E-state index contributed by atoms with van der Waals surface area (Å²) in [6.45, 7) is 5.33. The lowest BCUT2D eigenvalue weighted by Gasteiger charge is -2.27. The lowest BCUT2D eigenvalue weighted by molar-refractivity contribution is -0.135. The zero-order chi connectivity index (χ0) is 25.3. The normalized spacial score (nSPS) is 19.9. The molecule has 0 aromatic heterocycles. The molecule has 1 aliphatic rings. The zero-order valence-electron chi connectivity index (χ0n) is 20.7. The molecule has 0 spiro atoms. The Hall–Kier alpha value is -3.14. The molecule has 0 saturated carbocycles. The van der Waals surface area contributed by atoms with Gasteiger partial charge in [0.05, 0.1) is 18.5 Å². The first-order chi connectivity index (χ1) is 16.1. The van der Waals surface area contributed by atoms with E-state index in [0.717, 1.165) is 0 Å². The van der Waals surface area contributed by atoms with E-state index < -0.39 is 23.9 Å². The second-order valence-electron chi connectivity index (χ2n) is 9.18. The van der Waals surface area contributed by atoms with Crippen LogP contribution in [0.5, 0.6) is 5.75 Å². The van der Waals surface area contributed by atoms with Gasteiger partial charge in [-0.15, -0.1) is 0 Å². The molecule has 0 aliphatic carbocycles. The second kappa shape index (κ2) is 12.9. The topological polar surface area (TPSA) is 120 Å². The maximum absolute atomic E-state index is 13.2. The molecular formula is C24H37N5O5. The lowest BCUT2D eigenvalue weighted by atomic mass is 10.0. The van der Waals surface area contributed by atoms with Crippen molar-refractivity contribution in [2.75, 3.05) is 47.4 Å². The SMILES string of the molecule is CC(C)C[C@@H]1NC(=O)C[C@@H](C(=O)N(C)CCN(C)C)NC(=O)c2ccccc2OCCNC1=O. The van der Waals surface area contributed by atoms with Crippen LogP contribution in [0.2, 0.25) is 0 Å². The maximum Gasteiger partial charge on any atom is 0.255 e. The van der Waals surface area contributed by atoms with Crippen LogP contribution in [0.15, 0.2) is 24.3 Å². The van der Waals surface area contributed by atoms with Crippen molar-refractivity contribution in [2.24, 2.45) is 5.92 Å². The molecule has 1 aromatic carbocycles. The van der Waals surface area contributed by atoms with Gasteiger partial charge in [0.15, 0.2) is 0 Å². The van der Waals surface area contributed by atoms with Crippen molar-refractivity contribution in [3.63, 3.8) is 0 Å². The molecule has 1 aromatic rings. The predicted molar refractivity (Wildman–Crippen MR) is 128 cm³/mol. The van der Waals surface area contributed by atoms with Gasteiger partial charge in [-0.2, -0.15) is 0 Å². The van der Waals surface area contributed by atoms with Gasteiger partial charge in [-0.1, -0.05) is 26.0 Å². The average Bonchev–Trinajstić information content (AvgIpc) is 2.78. The third kappa shape index (κ3) is 8.33. The van der Waals surface area contributed by atoms with Gasteiger partial charge in [-0.25, -0.2) is 0 Å². The zero-order valence-corrected chi connectivity index (χ0v) is 20.7. The number of carbonyl (C=O) groups excluding carboxylic acids is 4. The molecule has 0 bridgehead atoms. The summed E-state index contributed by atoms with van der Waals surface area (Å²) in [5, 5.41) is 8.22. The first-order valence-electron chi connectivity index (χ1n) is 11.6. The van der Waals surface area contributed by atoms with Crippen LogP contribution in [0.1, 0.15) is 37.0 Å². The number of para-hydroxylation sites is 1. The van der Waals surface area contributed by atoms with Crippen molar-refractivity contribution in [3.05, 3.63) is 29.8 Å². The minimum atomic E-state index is -1.10. The van der Waals surface area contributed by atoms with Crippen LogP contribution in [0, 0.1) is 5.92 Å². The number of amides is 4. The Balaban J connectivity index is 2.33. The Labute approximate surface area is 201 Å². The second-order valence-corrected chi connectivity index (χ2v) is 9.18. The minimum Gasteiger partial charge on any atom is -0.491 e. The highest BCUT2D eigenvalue weighted by Gasteiger charge is 2.30. The van der Waals surface area contributed by atoms with Gasteiger partial charge in [0, 0.05) is 20.1 Å². The van der Waals surface area contributed by atoms with Crippen LogP contribution in [0.4, 0.5) is 0 Å². The molecule has 0 fully saturated rings. The van der Waals surface area contributed by atoms with Crippen LogP contribution in [-0.2, 0) is 14.4 Å². The van der Waals surface area contributed by atoms with Crippen molar-refractivity contribution >= 4 is 23.6 Å². The highest BCUT2D eigenvalue weighted by Crippen LogP contribution is 2.18. The van der Waals surface area contributed by atoms with E-state index in [1.165, 1.54) is 4.90 Å². The number of ether oxygens (including phenoxy) is 1. The maximum atomic E-state index is 13.2. The molecular weight excluding hydrogens is 438 g/mol. The molecule has 10 nitrogen and oxygen atoms in total. The molecule has 2 atom stereocenters. The summed E-state index contributed by atoms with van der Waals surface area (Å²) in [5.74, 6) is -1.20. The fraction of sp³-hybridized carbons (Fsp3) is 0.583. The predicted octanol–water partition coefficient (Wildman–Crippen LogP) is 0.235. The van der Waals surface area contributed by atoms with Gasteiger partial charge in [0.2, 0.25) is 17.7 Å². The Bertz CT molecular complexity index is 873. The van der Waals surface area contributed by atoms with Gasteiger partial charge in [-0.3, -0.25) is 19.2 Å². The molecule has 3 N–H and O–H groups in total. The summed E-state index contributed by atoms with van der Waals surface area (Å²) in [6, 6.07) is 4.81. The number of benzene rings is 1. The van der Waals surface area contributed by atoms with Gasteiger partial charge < -0.3 is 30.5 Å². The van der Waals surface area contributed by atoms with Crippen molar-refractivity contribution in [2.45, 2.75) is 38.8 Å². The number of fused-ring (bicyclic) bond motifs is 1. The smallest absolute Gasteiger partial charge is 0.255 e. The van der Waals surface area contributed by atoms with E-state index in [1.807, 2.05) is 32.8 Å². The summed E-state index contributed by atoms with van der Waals surface area (Å²) in [5.41, 5.74) is 0.248. The molecule has 188 valence electrons. The molecule has 34 heavy (non-hydrogen) atoms. The number of hydrogen-bond acceptors (Lipinski definition) is 6. The van der Waals surface area contributed by atoms with E-state index in [1.54, 1.807) is 31.3 Å². The molecule has 4 amide bonds. The first-order valence-corrected chi connectivity index (χ1v) is 11.6. The van der Waals surface area contributed by atoms with Gasteiger partial charge in [-0.05, 0) is 38.6 Å². The minimum absolute atomic E-state index is 0.147. The molecule has 2 rings (SSSR count). The first kappa shape index (κ1) is 27.1. The molecule has 10 heteroatoms. The number of nitrogens with zero attached hydrogens (tertiary/aromatic N) is 2. The van der Waals surface area contributed by atoms with Gasteiger partial charge in [0.25, 0.3) is 5.91 Å². The fourth-order valence-corrected chi connectivity index (χ4v) is 3.54. The number of carbonyl (C=O) groups is 4. The third-order valence-corrected chi connectivity index (χ3v) is 5.40. The summed E-state index contributed by atoms with van der Waals surface area (Å²) in [4.78, 5) is 55.3. The monoisotopic (exact) mass is 475 g/mol. The van der Waals surface area contributed by atoms with Crippen LogP contribution < -0.4 is 20.7 Å². The average molecular weight is 476 g/mol. The van der Waals surface area contributed by atoms with E-state index in [4.69, 9.17) is 4.74 Å². The standard InChI is InChI=1S/C24H37N5O5/c1-16(2)14-18-23(32)25-10-13-34-20-9-7-6-8-17(20)22(31)27-19(15-21(30)26-18)24(33)29(5)12-11-28(3)4/h6-9,16,18-19H,10-15H2,1-5H3,(H,25,32)(H,26,30)(H,27,31)/t18-,19-/m0/s1. The number of rotatable bonds is 6. The summed E-state index contributed by atoms with van der Waals surface area (Å²) in [7, 11) is 5.42. The van der Waals surface area contributed by atoms with Gasteiger partial charge in [0.1, 0.15) is 24.4 Å². The summed E-state index contributed by atoms with van der Waals surface area (Å²) in [6.07, 6.45) is 0.150. The van der Waals surface area contributed by atoms with E-state index in [9.17, 15) is 19.2 Å². The van der Waals surface area contributed by atoms with E-state index in [-0.39, 0.29) is 42.9 Å². The lowest BCUT2D eigenvalue weighted by Crippen LogP contribution is -2.53. The highest BCUT2D eigenvalue weighted by molar-refractivity contribution is 6.01. The van der Waals surface area contributed by atoms with Crippen molar-refractivity contribution in [1.29, 1.82) is 0 Å². The van der Waals surface area contributed by atoms with E-state index in [2.05, 4.69) is 16.0 Å². The fourth-order valence-electron chi connectivity index (χ4n) is 3.54. The summed E-state index contributed by atoms with van der Waals surface area (Å²) < 4.78 is 5.73. The van der Waals surface area contributed by atoms with Crippen molar-refractivity contribution in [1.82, 2.24) is 25.8 Å². The molecule has 0 radical (unpaired) electrons. The summed E-state index contributed by atoms with van der Waals surface area (Å²) >= 11 is 0. The quantitative estimate of drug-likeness (QED) is 0.542. The largest absolute Gasteiger partial charge is 0.491 e. The third-order valence-electron chi connectivity index (χ3n) is 5.40. The number of hydrogen-bond donors (Lipinski definition) is 3. The molecule has 1 aliphatic heterocycles. The Morgan fingerprint density at radius 2 is 1.79 bits per heavy atom. The van der Waals surface area contributed by atoms with E-state index >= 15 is 0 Å².